The first kappa shape index (κ1) is 18.2. The third kappa shape index (κ3) is 3.80. The molecule has 0 spiro atoms. The van der Waals surface area contributed by atoms with Crippen molar-refractivity contribution in [2.45, 2.75) is 46.5 Å². The zero-order valence-corrected chi connectivity index (χ0v) is 16.1. The monoisotopic (exact) mass is 371 g/mol. The van der Waals surface area contributed by atoms with E-state index in [4.69, 9.17) is 0 Å². The van der Waals surface area contributed by atoms with Crippen LogP contribution in [-0.4, -0.2) is 27.7 Å². The molecule has 0 aliphatic carbocycles. The summed E-state index contributed by atoms with van der Waals surface area (Å²) in [4.78, 5) is 24.9. The fourth-order valence-electron chi connectivity index (χ4n) is 2.54. The lowest BCUT2D eigenvalue weighted by Gasteiger charge is -2.24. The molecule has 1 aromatic carbocycles. The number of rotatable bonds is 4. The highest BCUT2D eigenvalue weighted by molar-refractivity contribution is 7.15. The van der Waals surface area contributed by atoms with Crippen LogP contribution >= 0.6 is 11.3 Å². The first-order valence-electron chi connectivity index (χ1n) is 8.47. The van der Waals surface area contributed by atoms with Crippen LogP contribution in [0.5, 0.6) is 0 Å². The number of nitrogens with one attached hydrogen (secondary N) is 1. The first-order chi connectivity index (χ1) is 12.3. The summed E-state index contributed by atoms with van der Waals surface area (Å²) in [6.45, 7) is 7.91. The van der Waals surface area contributed by atoms with E-state index in [0.29, 0.717) is 23.0 Å². The molecule has 2 heterocycles. The van der Waals surface area contributed by atoms with Gasteiger partial charge in [-0.1, -0.05) is 37.3 Å². The van der Waals surface area contributed by atoms with E-state index in [-0.39, 0.29) is 24.2 Å². The van der Waals surface area contributed by atoms with Crippen molar-refractivity contribution >= 4 is 39.7 Å². The first-order valence-corrected chi connectivity index (χ1v) is 9.29. The van der Waals surface area contributed by atoms with Gasteiger partial charge in [0.05, 0.1) is 5.69 Å². The molecule has 0 bridgehead atoms. The molecule has 1 aliphatic heterocycles. The van der Waals surface area contributed by atoms with Gasteiger partial charge >= 0.3 is 0 Å². The molecule has 0 atom stereocenters. The molecular formula is C18H21N5O2S. The van der Waals surface area contributed by atoms with Gasteiger partial charge in [-0.3, -0.25) is 14.9 Å². The molecule has 26 heavy (non-hydrogen) atoms. The summed E-state index contributed by atoms with van der Waals surface area (Å²) < 4.78 is 0. The number of hydrogen-bond acceptors (Lipinski definition) is 6. The maximum Gasteiger partial charge on any atom is 0.273 e. The molecule has 2 aromatic rings. The smallest absolute Gasteiger partial charge is 0.273 e. The van der Waals surface area contributed by atoms with Gasteiger partial charge < -0.3 is 0 Å². The third-order valence-corrected chi connectivity index (χ3v) is 5.18. The van der Waals surface area contributed by atoms with E-state index in [1.165, 1.54) is 16.3 Å². The fourth-order valence-corrected chi connectivity index (χ4v) is 3.28. The second-order valence-electron chi connectivity index (χ2n) is 6.60. The van der Waals surface area contributed by atoms with Gasteiger partial charge in [0, 0.05) is 18.8 Å². The standard InChI is InChI=1S/C18H21N5O2S/c1-10(2)17-20-21-18(26-17)19-16(25)13-7-8-15(24)23(22-13)14-9-11(3)5-6-12(14)4/h5-6,9-10H,7-8H2,1-4H3,(H,19,21,25). The zero-order chi connectivity index (χ0) is 18.8. The number of aryl methyl sites for hydroxylation is 2. The predicted octanol–water partition coefficient (Wildman–Crippen LogP) is 3.40. The molecule has 1 N–H and O–H groups in total. The van der Waals surface area contributed by atoms with Gasteiger partial charge in [0.25, 0.3) is 5.91 Å². The molecule has 0 saturated heterocycles. The van der Waals surface area contributed by atoms with Crippen LogP contribution in [0, 0.1) is 13.8 Å². The largest absolute Gasteiger partial charge is 0.295 e. The number of aromatic nitrogens is 2. The summed E-state index contributed by atoms with van der Waals surface area (Å²) in [6.07, 6.45) is 0.550. The number of hydrogen-bond donors (Lipinski definition) is 1. The molecule has 136 valence electrons. The van der Waals surface area contributed by atoms with E-state index < -0.39 is 0 Å². The molecule has 0 saturated carbocycles. The van der Waals surface area contributed by atoms with Crippen LogP contribution in [0.1, 0.15) is 48.7 Å². The normalized spacial score (nSPS) is 14.6. The van der Waals surface area contributed by atoms with E-state index in [2.05, 4.69) is 20.6 Å². The Balaban J connectivity index is 1.83. The summed E-state index contributed by atoms with van der Waals surface area (Å²) in [5.74, 6) is -0.213. The van der Waals surface area contributed by atoms with Crippen molar-refractivity contribution in [2.75, 3.05) is 10.3 Å². The summed E-state index contributed by atoms with van der Waals surface area (Å²) in [5, 5.41) is 17.7. The van der Waals surface area contributed by atoms with Crippen molar-refractivity contribution in [1.82, 2.24) is 10.2 Å². The van der Waals surface area contributed by atoms with Gasteiger partial charge in [0.15, 0.2) is 0 Å². The number of amides is 2. The van der Waals surface area contributed by atoms with Crippen molar-refractivity contribution in [3.63, 3.8) is 0 Å². The zero-order valence-electron chi connectivity index (χ0n) is 15.2. The topological polar surface area (TPSA) is 87.6 Å². The number of anilines is 2. The molecular weight excluding hydrogens is 350 g/mol. The van der Waals surface area contributed by atoms with Gasteiger partial charge in [-0.15, -0.1) is 10.2 Å². The minimum atomic E-state index is -0.348. The van der Waals surface area contributed by atoms with Gasteiger partial charge in [-0.05, 0) is 31.0 Å². The molecule has 8 heteroatoms. The molecule has 1 aromatic heterocycles. The van der Waals surface area contributed by atoms with E-state index in [0.717, 1.165) is 16.1 Å². The van der Waals surface area contributed by atoms with Crippen LogP contribution in [0.25, 0.3) is 0 Å². The van der Waals surface area contributed by atoms with Crippen molar-refractivity contribution in [1.29, 1.82) is 0 Å². The average Bonchev–Trinajstić information content (AvgIpc) is 3.06. The van der Waals surface area contributed by atoms with E-state index in [1.54, 1.807) is 0 Å². The maximum absolute atomic E-state index is 12.5. The highest BCUT2D eigenvalue weighted by Crippen LogP contribution is 2.26. The lowest BCUT2D eigenvalue weighted by Crippen LogP contribution is -2.36. The van der Waals surface area contributed by atoms with Crippen LogP contribution < -0.4 is 10.3 Å². The maximum atomic E-state index is 12.5. The molecule has 0 radical (unpaired) electrons. The number of nitrogens with zero attached hydrogens (tertiary/aromatic N) is 4. The SMILES string of the molecule is Cc1ccc(C)c(N2N=C(C(=O)Nc3nnc(C(C)C)s3)CCC2=O)c1. The van der Waals surface area contributed by atoms with Crippen LogP contribution in [-0.2, 0) is 9.59 Å². The Morgan fingerprint density at radius 1 is 1.23 bits per heavy atom. The summed E-state index contributed by atoms with van der Waals surface area (Å²) in [6, 6.07) is 5.82. The van der Waals surface area contributed by atoms with Gasteiger partial charge in [-0.2, -0.15) is 5.10 Å². The van der Waals surface area contributed by atoms with Crippen molar-refractivity contribution in [3.8, 4) is 0 Å². The minimum Gasteiger partial charge on any atom is -0.295 e. The summed E-state index contributed by atoms with van der Waals surface area (Å²) in [7, 11) is 0. The lowest BCUT2D eigenvalue weighted by atomic mass is 10.1. The number of benzene rings is 1. The molecule has 1 aliphatic rings. The number of hydrazone groups is 1. The Morgan fingerprint density at radius 2 is 2.00 bits per heavy atom. The van der Waals surface area contributed by atoms with Crippen LogP contribution in [0.2, 0.25) is 0 Å². The van der Waals surface area contributed by atoms with Crippen molar-refractivity contribution in [3.05, 3.63) is 34.3 Å². The fraction of sp³-hybridized carbons (Fsp3) is 0.389. The highest BCUT2D eigenvalue weighted by atomic mass is 32.1. The Kier molecular flexibility index (Phi) is 5.13. The summed E-state index contributed by atoms with van der Waals surface area (Å²) in [5.41, 5.74) is 2.98. The average molecular weight is 371 g/mol. The van der Waals surface area contributed by atoms with E-state index in [1.807, 2.05) is 45.9 Å². The Hall–Kier alpha value is -2.61. The molecule has 2 amide bonds. The molecule has 3 rings (SSSR count). The lowest BCUT2D eigenvalue weighted by molar-refractivity contribution is -0.118. The highest BCUT2D eigenvalue weighted by Gasteiger charge is 2.27. The number of carbonyl (C=O) groups excluding carboxylic acids is 2. The van der Waals surface area contributed by atoms with Crippen LogP contribution in [0.4, 0.5) is 10.8 Å². The van der Waals surface area contributed by atoms with Crippen molar-refractivity contribution < 1.29 is 9.59 Å². The predicted molar refractivity (Wildman–Crippen MR) is 103 cm³/mol. The number of carbonyl (C=O) groups is 2. The Bertz CT molecular complexity index is 887. The summed E-state index contributed by atoms with van der Waals surface area (Å²) >= 11 is 1.35. The third-order valence-electron chi connectivity index (χ3n) is 4.04. The van der Waals surface area contributed by atoms with Crippen LogP contribution in [0.15, 0.2) is 23.3 Å². The minimum absolute atomic E-state index is 0.117. The van der Waals surface area contributed by atoms with E-state index >= 15 is 0 Å². The van der Waals surface area contributed by atoms with Gasteiger partial charge in [0.1, 0.15) is 10.7 Å². The molecule has 7 nitrogen and oxygen atoms in total. The Morgan fingerprint density at radius 3 is 2.69 bits per heavy atom. The molecule has 0 unspecified atom stereocenters. The quantitative estimate of drug-likeness (QED) is 0.892. The van der Waals surface area contributed by atoms with E-state index in [9.17, 15) is 9.59 Å². The van der Waals surface area contributed by atoms with Crippen LogP contribution in [0.3, 0.4) is 0 Å². The second-order valence-corrected chi connectivity index (χ2v) is 7.61. The van der Waals surface area contributed by atoms with Gasteiger partial charge in [-0.25, -0.2) is 5.01 Å². The van der Waals surface area contributed by atoms with Gasteiger partial charge in [0.2, 0.25) is 11.0 Å². The Labute approximate surface area is 156 Å². The van der Waals surface area contributed by atoms with Crippen molar-refractivity contribution in [2.24, 2.45) is 5.10 Å². The molecule has 0 fully saturated rings. The second kappa shape index (κ2) is 7.33.